The van der Waals surface area contributed by atoms with Gasteiger partial charge in [-0.15, -0.1) is 0 Å². The van der Waals surface area contributed by atoms with Gasteiger partial charge in [0.1, 0.15) is 0 Å². The van der Waals surface area contributed by atoms with Crippen molar-refractivity contribution in [2.75, 3.05) is 32.5 Å². The van der Waals surface area contributed by atoms with Crippen LogP contribution < -0.4 is 0 Å². The zero-order valence-corrected chi connectivity index (χ0v) is 11.3. The molecule has 0 atom stereocenters. The molecule has 1 saturated heterocycles. The monoisotopic (exact) mass is 243 g/mol. The molecule has 2 nitrogen and oxygen atoms in total. The van der Waals surface area contributed by atoms with Crippen LogP contribution in [0.2, 0.25) is 0 Å². The second-order valence-electron chi connectivity index (χ2n) is 5.58. The van der Waals surface area contributed by atoms with E-state index in [1.807, 2.05) is 7.11 Å². The fourth-order valence-electron chi connectivity index (χ4n) is 3.27. The van der Waals surface area contributed by atoms with Crippen molar-refractivity contribution in [2.45, 2.75) is 44.6 Å². The first kappa shape index (κ1) is 12.7. The maximum absolute atomic E-state index is 5.42. The number of piperidine rings is 1. The number of ether oxygens (including phenoxy) is 1. The van der Waals surface area contributed by atoms with Gasteiger partial charge in [-0.25, -0.2) is 0 Å². The Balaban J connectivity index is 1.81. The number of methoxy groups -OCH3 is 1. The number of nitrogens with zero attached hydrogens (tertiary/aromatic N) is 1. The zero-order valence-electron chi connectivity index (χ0n) is 10.5. The maximum atomic E-state index is 5.42. The van der Waals surface area contributed by atoms with E-state index in [4.69, 9.17) is 4.74 Å². The van der Waals surface area contributed by atoms with Crippen LogP contribution in [0.15, 0.2) is 0 Å². The Morgan fingerprint density at radius 2 is 1.88 bits per heavy atom. The molecule has 2 fully saturated rings. The summed E-state index contributed by atoms with van der Waals surface area (Å²) in [5.41, 5.74) is 0.531. The third kappa shape index (κ3) is 2.93. The predicted octanol–water partition coefficient (Wildman–Crippen LogP) is 2.59. The van der Waals surface area contributed by atoms with Crippen molar-refractivity contribution in [1.82, 2.24) is 4.90 Å². The number of rotatable bonds is 4. The highest BCUT2D eigenvalue weighted by molar-refractivity contribution is 7.80. The Kier molecular flexibility index (Phi) is 4.57. The van der Waals surface area contributed by atoms with Crippen LogP contribution in [0.25, 0.3) is 0 Å². The molecular weight excluding hydrogens is 218 g/mol. The summed E-state index contributed by atoms with van der Waals surface area (Å²) in [7, 11) is 1.84. The molecule has 0 N–H and O–H groups in total. The third-order valence-corrected chi connectivity index (χ3v) is 5.10. The molecule has 1 saturated carbocycles. The molecule has 0 aromatic carbocycles. The summed E-state index contributed by atoms with van der Waals surface area (Å²) in [6.45, 7) is 3.70. The van der Waals surface area contributed by atoms with E-state index in [9.17, 15) is 0 Å². The summed E-state index contributed by atoms with van der Waals surface area (Å²) in [6, 6.07) is 0. The Morgan fingerprint density at radius 3 is 2.38 bits per heavy atom. The average Bonchev–Trinajstić information content (AvgIpc) is 2.79. The lowest BCUT2D eigenvalue weighted by molar-refractivity contribution is 0.0293. The summed E-state index contributed by atoms with van der Waals surface area (Å²) in [4.78, 5) is 2.64. The van der Waals surface area contributed by atoms with Crippen molar-refractivity contribution in [3.8, 4) is 0 Å². The zero-order chi connectivity index (χ0) is 11.4. The van der Waals surface area contributed by atoms with Gasteiger partial charge in [-0.05, 0) is 36.9 Å². The fourth-order valence-corrected chi connectivity index (χ4v) is 3.68. The van der Waals surface area contributed by atoms with Gasteiger partial charge in [0.15, 0.2) is 0 Å². The average molecular weight is 243 g/mol. The molecule has 0 aromatic rings. The number of thiol groups is 1. The van der Waals surface area contributed by atoms with Gasteiger partial charge in [-0.3, -0.25) is 0 Å². The van der Waals surface area contributed by atoms with Crippen molar-refractivity contribution in [3.63, 3.8) is 0 Å². The minimum Gasteiger partial charge on any atom is -0.381 e. The largest absolute Gasteiger partial charge is 0.381 e. The van der Waals surface area contributed by atoms with Gasteiger partial charge in [0.05, 0.1) is 6.10 Å². The standard InChI is InChI=1S/C13H25NOS/c1-15-12-4-8-14(9-5-12)10-13(11-16)6-2-3-7-13/h12,16H,2-11H2,1H3. The second-order valence-corrected chi connectivity index (χ2v) is 5.89. The molecular formula is C13H25NOS. The van der Waals surface area contributed by atoms with Gasteiger partial charge in [0.2, 0.25) is 0 Å². The van der Waals surface area contributed by atoms with Crippen molar-refractivity contribution in [3.05, 3.63) is 0 Å². The number of likely N-dealkylation sites (tertiary alicyclic amines) is 1. The van der Waals surface area contributed by atoms with Gasteiger partial charge in [-0.2, -0.15) is 12.6 Å². The van der Waals surface area contributed by atoms with Gasteiger partial charge in [0, 0.05) is 26.7 Å². The molecule has 1 aliphatic carbocycles. The topological polar surface area (TPSA) is 12.5 Å². The van der Waals surface area contributed by atoms with Gasteiger partial charge >= 0.3 is 0 Å². The van der Waals surface area contributed by atoms with Crippen molar-refractivity contribution in [1.29, 1.82) is 0 Å². The van der Waals surface area contributed by atoms with Crippen LogP contribution in [0.3, 0.4) is 0 Å². The van der Waals surface area contributed by atoms with Crippen LogP contribution in [-0.4, -0.2) is 43.5 Å². The summed E-state index contributed by atoms with van der Waals surface area (Å²) < 4.78 is 5.42. The van der Waals surface area contributed by atoms with Crippen LogP contribution in [0.4, 0.5) is 0 Å². The first-order valence-corrected chi connectivity index (χ1v) is 7.27. The Hall–Kier alpha value is 0.270. The molecule has 0 aromatic heterocycles. The van der Waals surface area contributed by atoms with E-state index >= 15 is 0 Å². The van der Waals surface area contributed by atoms with E-state index in [0.29, 0.717) is 11.5 Å². The van der Waals surface area contributed by atoms with Gasteiger partial charge in [0.25, 0.3) is 0 Å². The first-order valence-electron chi connectivity index (χ1n) is 6.64. The van der Waals surface area contributed by atoms with Crippen LogP contribution >= 0.6 is 12.6 Å². The lowest BCUT2D eigenvalue weighted by atomic mass is 9.87. The molecule has 2 rings (SSSR count). The number of hydrogen-bond donors (Lipinski definition) is 1. The SMILES string of the molecule is COC1CCN(CC2(CS)CCCC2)CC1. The smallest absolute Gasteiger partial charge is 0.0595 e. The lowest BCUT2D eigenvalue weighted by Crippen LogP contribution is -2.43. The Bertz CT molecular complexity index is 208. The van der Waals surface area contributed by atoms with Crippen LogP contribution in [0.1, 0.15) is 38.5 Å². The number of hydrogen-bond acceptors (Lipinski definition) is 3. The van der Waals surface area contributed by atoms with Crippen molar-refractivity contribution in [2.24, 2.45) is 5.41 Å². The molecule has 94 valence electrons. The molecule has 0 unspecified atom stereocenters. The van der Waals surface area contributed by atoms with E-state index in [1.165, 1.54) is 58.2 Å². The van der Waals surface area contributed by atoms with Crippen molar-refractivity contribution < 1.29 is 4.74 Å². The molecule has 0 radical (unpaired) electrons. The molecule has 0 bridgehead atoms. The minimum absolute atomic E-state index is 0.506. The molecule has 16 heavy (non-hydrogen) atoms. The molecule has 1 aliphatic heterocycles. The molecule has 0 spiro atoms. The highest BCUT2D eigenvalue weighted by atomic mass is 32.1. The van der Waals surface area contributed by atoms with E-state index in [-0.39, 0.29) is 0 Å². The van der Waals surface area contributed by atoms with E-state index in [2.05, 4.69) is 17.5 Å². The van der Waals surface area contributed by atoms with Crippen LogP contribution in [0, 0.1) is 5.41 Å². The molecule has 2 aliphatic rings. The second kappa shape index (κ2) is 5.74. The van der Waals surface area contributed by atoms with E-state index in [0.717, 1.165) is 5.75 Å². The maximum Gasteiger partial charge on any atom is 0.0595 e. The third-order valence-electron chi connectivity index (χ3n) is 4.43. The summed E-state index contributed by atoms with van der Waals surface area (Å²) in [5.74, 6) is 1.07. The summed E-state index contributed by atoms with van der Waals surface area (Å²) in [6.07, 6.45) is 8.52. The van der Waals surface area contributed by atoms with Crippen molar-refractivity contribution >= 4 is 12.6 Å². The molecule has 0 amide bonds. The first-order chi connectivity index (χ1) is 7.78. The van der Waals surface area contributed by atoms with Gasteiger partial charge in [-0.1, -0.05) is 12.8 Å². The highest BCUT2D eigenvalue weighted by Crippen LogP contribution is 2.40. The molecule has 1 heterocycles. The fraction of sp³-hybridized carbons (Fsp3) is 1.00. The highest BCUT2D eigenvalue weighted by Gasteiger charge is 2.35. The van der Waals surface area contributed by atoms with Gasteiger partial charge < -0.3 is 9.64 Å². The summed E-state index contributed by atoms with van der Waals surface area (Å²) in [5, 5.41) is 0. The Labute approximate surface area is 105 Å². The lowest BCUT2D eigenvalue weighted by Gasteiger charge is -2.38. The van der Waals surface area contributed by atoms with E-state index in [1.54, 1.807) is 0 Å². The summed E-state index contributed by atoms with van der Waals surface area (Å²) >= 11 is 4.59. The van der Waals surface area contributed by atoms with Crippen LogP contribution in [0.5, 0.6) is 0 Å². The normalized spacial score (nSPS) is 27.4. The Morgan fingerprint density at radius 1 is 1.25 bits per heavy atom. The predicted molar refractivity (Wildman–Crippen MR) is 71.2 cm³/mol. The minimum atomic E-state index is 0.506. The molecule has 3 heteroatoms. The van der Waals surface area contributed by atoms with E-state index < -0.39 is 0 Å². The quantitative estimate of drug-likeness (QED) is 0.762. The van der Waals surface area contributed by atoms with Crippen LogP contribution in [-0.2, 0) is 4.74 Å².